The van der Waals surface area contributed by atoms with Crippen molar-refractivity contribution in [1.82, 2.24) is 20.1 Å². The number of nitrogens with zero attached hydrogens (tertiary/aromatic N) is 3. The van der Waals surface area contributed by atoms with Crippen LogP contribution in [0.2, 0.25) is 0 Å². The maximum atomic E-state index is 4.42. The van der Waals surface area contributed by atoms with E-state index in [1.165, 1.54) is 44.9 Å². The summed E-state index contributed by atoms with van der Waals surface area (Å²) in [6.07, 6.45) is 12.5. The first kappa shape index (κ1) is 14.5. The summed E-state index contributed by atoms with van der Waals surface area (Å²) in [6, 6.07) is 0.549. The molecule has 0 amide bonds. The quantitative estimate of drug-likeness (QED) is 0.889. The predicted molar refractivity (Wildman–Crippen MR) is 78.1 cm³/mol. The average molecular weight is 264 g/mol. The van der Waals surface area contributed by atoms with Gasteiger partial charge in [0, 0.05) is 19.0 Å². The predicted octanol–water partition coefficient (Wildman–Crippen LogP) is 2.79. The molecule has 0 spiro atoms. The van der Waals surface area contributed by atoms with E-state index in [0.717, 1.165) is 24.7 Å². The van der Waals surface area contributed by atoms with E-state index in [1.807, 2.05) is 4.68 Å². The number of hydrogen-bond donors (Lipinski definition) is 1. The minimum Gasteiger partial charge on any atom is -0.316 e. The van der Waals surface area contributed by atoms with E-state index in [-0.39, 0.29) is 0 Å². The van der Waals surface area contributed by atoms with Gasteiger partial charge in [0.15, 0.2) is 0 Å². The number of hydrogen-bond acceptors (Lipinski definition) is 3. The van der Waals surface area contributed by atoms with Gasteiger partial charge < -0.3 is 5.32 Å². The molecule has 19 heavy (non-hydrogen) atoms. The van der Waals surface area contributed by atoms with Gasteiger partial charge in [-0.25, -0.2) is 4.98 Å². The van der Waals surface area contributed by atoms with E-state index >= 15 is 0 Å². The molecule has 1 atom stereocenters. The molecule has 0 aliphatic heterocycles. The Balaban J connectivity index is 1.97. The van der Waals surface area contributed by atoms with Crippen LogP contribution in [-0.4, -0.2) is 27.9 Å². The molecule has 0 aromatic carbocycles. The molecule has 1 aromatic rings. The van der Waals surface area contributed by atoms with Crippen LogP contribution < -0.4 is 5.32 Å². The number of rotatable bonds is 5. The van der Waals surface area contributed by atoms with E-state index < -0.39 is 0 Å². The van der Waals surface area contributed by atoms with Gasteiger partial charge in [0.25, 0.3) is 0 Å². The van der Waals surface area contributed by atoms with Crippen LogP contribution in [0.4, 0.5) is 0 Å². The van der Waals surface area contributed by atoms with Gasteiger partial charge in [0.05, 0.1) is 0 Å². The van der Waals surface area contributed by atoms with Crippen molar-refractivity contribution in [1.29, 1.82) is 0 Å². The van der Waals surface area contributed by atoms with Gasteiger partial charge in [-0.2, -0.15) is 5.10 Å². The summed E-state index contributed by atoms with van der Waals surface area (Å²) in [4.78, 5) is 4.42. The number of aromatic nitrogens is 3. The van der Waals surface area contributed by atoms with E-state index in [9.17, 15) is 0 Å². The summed E-state index contributed by atoms with van der Waals surface area (Å²) < 4.78 is 2.02. The van der Waals surface area contributed by atoms with Gasteiger partial charge in [0.1, 0.15) is 12.2 Å². The zero-order valence-corrected chi connectivity index (χ0v) is 12.4. The number of aryl methyl sites for hydroxylation is 1. The van der Waals surface area contributed by atoms with Crippen LogP contribution in [0.15, 0.2) is 6.33 Å². The highest BCUT2D eigenvalue weighted by atomic mass is 15.3. The van der Waals surface area contributed by atoms with E-state index in [2.05, 4.69) is 29.4 Å². The highest BCUT2D eigenvalue weighted by Gasteiger charge is 2.22. The summed E-state index contributed by atoms with van der Waals surface area (Å²) in [5, 5.41) is 7.81. The fraction of sp³-hybridized carbons (Fsp3) is 0.867. The molecule has 1 saturated carbocycles. The third-order valence-corrected chi connectivity index (χ3v) is 4.49. The first-order valence-electron chi connectivity index (χ1n) is 7.89. The normalized spacial score (nSPS) is 19.9. The van der Waals surface area contributed by atoms with E-state index in [0.29, 0.717) is 6.04 Å². The van der Waals surface area contributed by atoms with E-state index in [1.54, 1.807) is 6.33 Å². The lowest BCUT2D eigenvalue weighted by atomic mass is 9.84. The topological polar surface area (TPSA) is 42.7 Å². The molecule has 4 heteroatoms. The second-order valence-electron chi connectivity index (χ2n) is 5.70. The fourth-order valence-corrected chi connectivity index (χ4v) is 3.30. The standard InChI is InChI=1S/C15H28N4/c1-3-19-15(17-12-18-19)11-14(16-2)13-9-7-5-4-6-8-10-13/h12-14,16H,3-11H2,1-2H3. The first-order valence-corrected chi connectivity index (χ1v) is 7.89. The van der Waals surface area contributed by atoms with Crippen molar-refractivity contribution in [3.8, 4) is 0 Å². The van der Waals surface area contributed by atoms with Crippen LogP contribution in [-0.2, 0) is 13.0 Å². The third-order valence-electron chi connectivity index (χ3n) is 4.49. The van der Waals surface area contributed by atoms with Gasteiger partial charge in [-0.05, 0) is 32.7 Å². The molecule has 2 rings (SSSR count). The van der Waals surface area contributed by atoms with Gasteiger partial charge in [0.2, 0.25) is 0 Å². The van der Waals surface area contributed by atoms with Crippen LogP contribution in [0.5, 0.6) is 0 Å². The lowest BCUT2D eigenvalue weighted by Gasteiger charge is -2.28. The minimum atomic E-state index is 0.549. The van der Waals surface area contributed by atoms with Crippen LogP contribution in [0.25, 0.3) is 0 Å². The van der Waals surface area contributed by atoms with Crippen molar-refractivity contribution in [2.75, 3.05) is 7.05 Å². The van der Waals surface area contributed by atoms with Crippen molar-refractivity contribution in [3.63, 3.8) is 0 Å². The van der Waals surface area contributed by atoms with Gasteiger partial charge >= 0.3 is 0 Å². The molecule has 1 heterocycles. The number of nitrogens with one attached hydrogen (secondary N) is 1. The molecule has 1 aliphatic rings. The Labute approximate surface area is 117 Å². The molecule has 4 nitrogen and oxygen atoms in total. The second kappa shape index (κ2) is 7.63. The Morgan fingerprint density at radius 1 is 1.26 bits per heavy atom. The Morgan fingerprint density at radius 3 is 2.58 bits per heavy atom. The zero-order chi connectivity index (χ0) is 13.5. The van der Waals surface area contributed by atoms with Crippen molar-refractivity contribution < 1.29 is 0 Å². The average Bonchev–Trinajstić information content (AvgIpc) is 2.83. The summed E-state index contributed by atoms with van der Waals surface area (Å²) in [7, 11) is 2.09. The summed E-state index contributed by atoms with van der Waals surface area (Å²) in [5.41, 5.74) is 0. The van der Waals surface area contributed by atoms with Crippen molar-refractivity contribution in [3.05, 3.63) is 12.2 Å². The first-order chi connectivity index (χ1) is 9.35. The maximum absolute atomic E-state index is 4.42. The third kappa shape index (κ3) is 4.03. The highest BCUT2D eigenvalue weighted by Crippen LogP contribution is 2.26. The molecule has 1 fully saturated rings. The van der Waals surface area contributed by atoms with Crippen molar-refractivity contribution in [2.45, 2.75) is 70.9 Å². The van der Waals surface area contributed by atoms with Gasteiger partial charge in [-0.3, -0.25) is 4.68 Å². The number of likely N-dealkylation sites (N-methyl/N-ethyl adjacent to an activating group) is 1. The second-order valence-corrected chi connectivity index (χ2v) is 5.70. The molecule has 0 radical (unpaired) electrons. The molecular formula is C15H28N4. The Morgan fingerprint density at radius 2 is 1.95 bits per heavy atom. The monoisotopic (exact) mass is 264 g/mol. The molecule has 1 unspecified atom stereocenters. The Hall–Kier alpha value is -0.900. The van der Waals surface area contributed by atoms with Gasteiger partial charge in [-0.15, -0.1) is 0 Å². The van der Waals surface area contributed by atoms with Crippen molar-refractivity contribution >= 4 is 0 Å². The van der Waals surface area contributed by atoms with Crippen LogP contribution in [0.3, 0.4) is 0 Å². The lowest BCUT2D eigenvalue weighted by molar-refractivity contribution is 0.289. The summed E-state index contributed by atoms with van der Waals surface area (Å²) in [5.74, 6) is 1.93. The summed E-state index contributed by atoms with van der Waals surface area (Å²) in [6.45, 7) is 3.04. The SMILES string of the molecule is CCn1ncnc1CC(NC)C1CCCCCCC1. The molecule has 1 N–H and O–H groups in total. The zero-order valence-electron chi connectivity index (χ0n) is 12.4. The molecule has 1 aromatic heterocycles. The molecule has 1 aliphatic carbocycles. The maximum Gasteiger partial charge on any atom is 0.138 e. The van der Waals surface area contributed by atoms with Crippen LogP contribution >= 0.6 is 0 Å². The molecular weight excluding hydrogens is 236 g/mol. The highest BCUT2D eigenvalue weighted by molar-refractivity contribution is 4.92. The van der Waals surface area contributed by atoms with Crippen molar-refractivity contribution in [2.24, 2.45) is 5.92 Å². The largest absolute Gasteiger partial charge is 0.316 e. The summed E-state index contributed by atoms with van der Waals surface area (Å²) >= 11 is 0. The molecule has 108 valence electrons. The Kier molecular flexibility index (Phi) is 5.83. The fourth-order valence-electron chi connectivity index (χ4n) is 3.30. The lowest BCUT2D eigenvalue weighted by Crippen LogP contribution is -2.37. The Bertz CT molecular complexity index is 353. The van der Waals surface area contributed by atoms with Gasteiger partial charge in [-0.1, -0.05) is 32.1 Å². The van der Waals surface area contributed by atoms with E-state index in [4.69, 9.17) is 0 Å². The smallest absolute Gasteiger partial charge is 0.138 e. The minimum absolute atomic E-state index is 0.549. The molecule has 0 bridgehead atoms. The molecule has 0 saturated heterocycles. The van der Waals surface area contributed by atoms with Crippen LogP contribution in [0, 0.1) is 5.92 Å². The van der Waals surface area contributed by atoms with Crippen LogP contribution in [0.1, 0.15) is 57.7 Å².